The molecule has 222 valence electrons. The quantitative estimate of drug-likeness (QED) is 0.0685. The monoisotopic (exact) mass is 552 g/mol. The van der Waals surface area contributed by atoms with Crippen molar-refractivity contribution < 1.29 is 38.3 Å². The third-order valence-corrected chi connectivity index (χ3v) is 6.07. The molecule has 0 unspecified atom stereocenters. The Morgan fingerprint density at radius 1 is 0.459 bits per heavy atom. The van der Waals surface area contributed by atoms with Gasteiger partial charge in [0.15, 0.2) is 0 Å². The van der Waals surface area contributed by atoms with Crippen molar-refractivity contribution in [2.45, 2.75) is 89.9 Å². The first-order chi connectivity index (χ1) is 18.3. The highest BCUT2D eigenvalue weighted by molar-refractivity contribution is 7.80. The second-order valence-corrected chi connectivity index (χ2v) is 9.52. The minimum atomic E-state index is -0.131. The standard InChI is InChI=1S/C28H56O8S/c29-15-16-31-17-18-32-19-20-33-21-22-34-23-24-35-25-26-36-28(30)14-12-10-8-6-4-2-1-3-5-7-9-11-13-27-37/h29,37H,1-27H2. The molecule has 8 nitrogen and oxygen atoms in total. The minimum absolute atomic E-state index is 0.0280. The zero-order chi connectivity index (χ0) is 26.9. The number of carbonyl (C=O) groups is 1. The number of rotatable bonds is 32. The number of ether oxygens (including phenoxy) is 6. The number of hydrogen-bond acceptors (Lipinski definition) is 9. The van der Waals surface area contributed by atoms with Gasteiger partial charge in [0.05, 0.1) is 72.7 Å². The van der Waals surface area contributed by atoms with Gasteiger partial charge in [0.25, 0.3) is 0 Å². The van der Waals surface area contributed by atoms with E-state index in [-0.39, 0.29) is 12.6 Å². The van der Waals surface area contributed by atoms with Gasteiger partial charge in [-0.2, -0.15) is 12.6 Å². The average molecular weight is 553 g/mol. The van der Waals surface area contributed by atoms with E-state index in [1.807, 2.05) is 0 Å². The van der Waals surface area contributed by atoms with E-state index >= 15 is 0 Å². The van der Waals surface area contributed by atoms with Crippen molar-refractivity contribution in [3.63, 3.8) is 0 Å². The summed E-state index contributed by atoms with van der Waals surface area (Å²) in [5, 5.41) is 8.56. The van der Waals surface area contributed by atoms with Crippen LogP contribution in [-0.4, -0.2) is 96.1 Å². The van der Waals surface area contributed by atoms with Gasteiger partial charge in [-0.25, -0.2) is 0 Å². The van der Waals surface area contributed by atoms with E-state index < -0.39 is 0 Å². The number of unbranched alkanes of at least 4 members (excludes halogenated alkanes) is 12. The Morgan fingerprint density at radius 3 is 1.16 bits per heavy atom. The Kier molecular flexibility index (Phi) is 33.2. The molecule has 9 heteroatoms. The molecule has 1 N–H and O–H groups in total. The summed E-state index contributed by atoms with van der Waals surface area (Å²) in [4.78, 5) is 11.8. The van der Waals surface area contributed by atoms with Crippen LogP contribution in [0.15, 0.2) is 0 Å². The molecule has 0 heterocycles. The summed E-state index contributed by atoms with van der Waals surface area (Å²) < 4.78 is 31.8. The lowest BCUT2D eigenvalue weighted by molar-refractivity contribution is -0.145. The summed E-state index contributed by atoms with van der Waals surface area (Å²) in [6.07, 6.45) is 17.1. The predicted octanol–water partition coefficient (Wildman–Crippen LogP) is 5.00. The third kappa shape index (κ3) is 33.6. The van der Waals surface area contributed by atoms with Crippen LogP contribution >= 0.6 is 12.6 Å². The van der Waals surface area contributed by atoms with Crippen LogP contribution in [0.4, 0.5) is 0 Å². The van der Waals surface area contributed by atoms with Crippen molar-refractivity contribution in [3.05, 3.63) is 0 Å². The molecule has 0 aromatic carbocycles. The molecule has 0 bridgehead atoms. The van der Waals surface area contributed by atoms with E-state index in [0.29, 0.717) is 79.1 Å². The Bertz CT molecular complexity index is 442. The average Bonchev–Trinajstić information content (AvgIpc) is 2.90. The van der Waals surface area contributed by atoms with Crippen molar-refractivity contribution in [3.8, 4) is 0 Å². The molecule has 0 aromatic rings. The molecule has 37 heavy (non-hydrogen) atoms. The molecule has 0 aliphatic carbocycles. The van der Waals surface area contributed by atoms with Crippen molar-refractivity contribution in [2.75, 3.05) is 85.0 Å². The first-order valence-electron chi connectivity index (χ1n) is 14.6. The molecule has 0 saturated carbocycles. The minimum Gasteiger partial charge on any atom is -0.463 e. The fourth-order valence-corrected chi connectivity index (χ4v) is 3.88. The molecule has 0 amide bonds. The maximum atomic E-state index is 11.8. The van der Waals surface area contributed by atoms with Gasteiger partial charge in [-0.15, -0.1) is 0 Å². The van der Waals surface area contributed by atoms with E-state index in [4.69, 9.17) is 33.5 Å². The third-order valence-electron chi connectivity index (χ3n) is 5.75. The molecular formula is C28H56O8S. The van der Waals surface area contributed by atoms with Crippen LogP contribution in [0.1, 0.15) is 89.9 Å². The lowest BCUT2D eigenvalue weighted by atomic mass is 10.0. The number of hydrogen-bond donors (Lipinski definition) is 2. The summed E-state index contributed by atoms with van der Waals surface area (Å²) in [6.45, 7) is 4.96. The summed E-state index contributed by atoms with van der Waals surface area (Å²) in [5.74, 6) is 0.892. The van der Waals surface area contributed by atoms with Gasteiger partial charge in [0.1, 0.15) is 6.61 Å². The number of esters is 1. The van der Waals surface area contributed by atoms with E-state index in [9.17, 15) is 4.79 Å². The number of aliphatic hydroxyl groups excluding tert-OH is 1. The predicted molar refractivity (Wildman–Crippen MR) is 151 cm³/mol. The molecule has 0 atom stereocenters. The summed E-state index contributed by atoms with van der Waals surface area (Å²) in [7, 11) is 0. The normalized spacial score (nSPS) is 11.3. The van der Waals surface area contributed by atoms with Crippen LogP contribution < -0.4 is 0 Å². The highest BCUT2D eigenvalue weighted by Gasteiger charge is 2.03. The van der Waals surface area contributed by atoms with Crippen LogP contribution in [0.5, 0.6) is 0 Å². The molecule has 0 spiro atoms. The maximum Gasteiger partial charge on any atom is 0.305 e. The summed E-state index contributed by atoms with van der Waals surface area (Å²) in [5.41, 5.74) is 0. The molecule has 0 saturated heterocycles. The van der Waals surface area contributed by atoms with Gasteiger partial charge in [0.2, 0.25) is 0 Å². The second-order valence-electron chi connectivity index (χ2n) is 9.08. The molecule has 0 aromatic heterocycles. The Hall–Kier alpha value is -0.420. The van der Waals surface area contributed by atoms with Crippen LogP contribution in [-0.2, 0) is 33.2 Å². The Balaban J connectivity index is 3.14. The number of aliphatic hydroxyl groups is 1. The molecule has 0 aliphatic rings. The van der Waals surface area contributed by atoms with E-state index in [2.05, 4.69) is 12.6 Å². The van der Waals surface area contributed by atoms with Crippen molar-refractivity contribution in [1.29, 1.82) is 0 Å². The van der Waals surface area contributed by atoms with E-state index in [1.54, 1.807) is 0 Å². The van der Waals surface area contributed by atoms with Crippen molar-refractivity contribution >= 4 is 18.6 Å². The lowest BCUT2D eigenvalue weighted by Gasteiger charge is -2.08. The zero-order valence-corrected chi connectivity index (χ0v) is 24.2. The Morgan fingerprint density at radius 2 is 0.784 bits per heavy atom. The first-order valence-corrected chi connectivity index (χ1v) is 15.2. The van der Waals surface area contributed by atoms with Crippen molar-refractivity contribution in [1.82, 2.24) is 0 Å². The fraction of sp³-hybridized carbons (Fsp3) is 0.964. The summed E-state index contributed by atoms with van der Waals surface area (Å²) in [6, 6.07) is 0. The highest BCUT2D eigenvalue weighted by Crippen LogP contribution is 2.13. The topological polar surface area (TPSA) is 92.7 Å². The SMILES string of the molecule is O=C(CCCCCCCCCCCCCCCS)OCCOCCOCCOCCOCCOCCO. The van der Waals surface area contributed by atoms with E-state index in [0.717, 1.165) is 18.6 Å². The van der Waals surface area contributed by atoms with Gasteiger partial charge in [-0.1, -0.05) is 70.6 Å². The van der Waals surface area contributed by atoms with Crippen LogP contribution in [0.3, 0.4) is 0 Å². The maximum absolute atomic E-state index is 11.8. The van der Waals surface area contributed by atoms with Gasteiger partial charge < -0.3 is 33.5 Å². The molecular weight excluding hydrogens is 496 g/mol. The van der Waals surface area contributed by atoms with Crippen LogP contribution in [0, 0.1) is 0 Å². The smallest absolute Gasteiger partial charge is 0.305 e. The largest absolute Gasteiger partial charge is 0.463 e. The molecule has 0 rings (SSSR count). The zero-order valence-electron chi connectivity index (χ0n) is 23.3. The molecule has 0 radical (unpaired) electrons. The molecule has 0 aliphatic heterocycles. The number of thiol groups is 1. The van der Waals surface area contributed by atoms with Gasteiger partial charge in [-0.05, 0) is 18.6 Å². The molecule has 0 fully saturated rings. The van der Waals surface area contributed by atoms with Gasteiger partial charge in [-0.3, -0.25) is 4.79 Å². The lowest BCUT2D eigenvalue weighted by Crippen LogP contribution is -2.15. The van der Waals surface area contributed by atoms with Crippen LogP contribution in [0.2, 0.25) is 0 Å². The highest BCUT2D eigenvalue weighted by atomic mass is 32.1. The van der Waals surface area contributed by atoms with Gasteiger partial charge in [0, 0.05) is 6.42 Å². The van der Waals surface area contributed by atoms with Crippen molar-refractivity contribution in [2.24, 2.45) is 0 Å². The first kappa shape index (κ1) is 36.6. The summed E-state index contributed by atoms with van der Waals surface area (Å²) >= 11 is 4.25. The van der Waals surface area contributed by atoms with Gasteiger partial charge >= 0.3 is 5.97 Å². The number of carbonyl (C=O) groups excluding carboxylic acids is 1. The second kappa shape index (κ2) is 33.6. The van der Waals surface area contributed by atoms with E-state index in [1.165, 1.54) is 70.6 Å². The Labute approximate surface area is 231 Å². The van der Waals surface area contributed by atoms with Crippen LogP contribution in [0.25, 0.3) is 0 Å². The fourth-order valence-electron chi connectivity index (χ4n) is 3.66.